The van der Waals surface area contributed by atoms with Crippen LogP contribution in [-0.2, 0) is 9.53 Å². The Morgan fingerprint density at radius 2 is 1.69 bits per heavy atom. The number of carbonyl (C=O) groups is 2. The van der Waals surface area contributed by atoms with Crippen molar-refractivity contribution in [3.05, 3.63) is 71.5 Å². The molecule has 0 atom stereocenters. The van der Waals surface area contributed by atoms with Crippen molar-refractivity contribution in [3.63, 3.8) is 0 Å². The lowest BCUT2D eigenvalue weighted by molar-refractivity contribution is -0.113. The van der Waals surface area contributed by atoms with E-state index in [9.17, 15) is 9.59 Å². The van der Waals surface area contributed by atoms with Gasteiger partial charge in [0, 0.05) is 44.3 Å². The zero-order valence-corrected chi connectivity index (χ0v) is 21.0. The first-order valence-electron chi connectivity index (χ1n) is 11.4. The number of rotatable bonds is 7. The van der Waals surface area contributed by atoms with E-state index >= 15 is 0 Å². The highest BCUT2D eigenvalue weighted by molar-refractivity contribution is 8.00. The number of hydrogen-bond acceptors (Lipinski definition) is 8. The van der Waals surface area contributed by atoms with E-state index in [1.165, 1.54) is 35.7 Å². The van der Waals surface area contributed by atoms with Crippen molar-refractivity contribution in [2.45, 2.75) is 18.9 Å². The number of piperazine rings is 1. The normalized spacial score (nSPS) is 13.5. The quantitative estimate of drug-likeness (QED) is 0.393. The molecule has 0 bridgehead atoms. The fraction of sp³-hybridized carbons (Fsp3) is 0.308. The summed E-state index contributed by atoms with van der Waals surface area (Å²) < 4.78 is 4.80. The van der Waals surface area contributed by atoms with Gasteiger partial charge in [-0.3, -0.25) is 4.79 Å². The number of anilines is 3. The number of nitrogens with one attached hydrogen (secondary N) is 1. The zero-order valence-electron chi connectivity index (χ0n) is 20.2. The third-order valence-electron chi connectivity index (χ3n) is 6.09. The molecule has 2 aromatic carbocycles. The van der Waals surface area contributed by atoms with Gasteiger partial charge in [-0.2, -0.15) is 0 Å². The van der Waals surface area contributed by atoms with Crippen molar-refractivity contribution in [2.75, 3.05) is 54.2 Å². The van der Waals surface area contributed by atoms with Crippen LogP contribution in [0.2, 0.25) is 0 Å². The molecule has 1 aliphatic heterocycles. The highest BCUT2D eigenvalue weighted by atomic mass is 32.2. The Hall–Kier alpha value is -3.59. The van der Waals surface area contributed by atoms with Crippen LogP contribution < -0.4 is 15.1 Å². The molecule has 1 N–H and O–H groups in total. The molecule has 1 aliphatic rings. The molecule has 0 saturated carbocycles. The summed E-state index contributed by atoms with van der Waals surface area (Å²) in [5.41, 5.74) is 4.63. The average molecular weight is 492 g/mol. The second kappa shape index (κ2) is 11.2. The minimum absolute atomic E-state index is 0.143. The molecule has 1 saturated heterocycles. The summed E-state index contributed by atoms with van der Waals surface area (Å²) in [6.07, 6.45) is 3.33. The predicted octanol–water partition coefficient (Wildman–Crippen LogP) is 3.94. The third kappa shape index (κ3) is 5.74. The van der Waals surface area contributed by atoms with Crippen molar-refractivity contribution < 1.29 is 14.3 Å². The van der Waals surface area contributed by atoms with Crippen molar-refractivity contribution in [2.24, 2.45) is 0 Å². The molecule has 0 unspecified atom stereocenters. The smallest absolute Gasteiger partial charge is 0.339 e. The van der Waals surface area contributed by atoms with Gasteiger partial charge in [0.2, 0.25) is 5.91 Å². The number of benzene rings is 2. The van der Waals surface area contributed by atoms with E-state index in [1.54, 1.807) is 36.7 Å². The lowest BCUT2D eigenvalue weighted by Gasteiger charge is -2.37. The summed E-state index contributed by atoms with van der Waals surface area (Å²) >= 11 is 1.33. The summed E-state index contributed by atoms with van der Waals surface area (Å²) in [6.45, 7) is 7.72. The minimum atomic E-state index is -0.496. The number of para-hydroxylation sites is 1. The SMILES string of the molecule is COC(=O)c1ccccc1NC(=O)CSc1nccnc1N1CCN(c2cccc(C)c2C)CC1. The number of aromatic nitrogens is 2. The van der Waals surface area contributed by atoms with Crippen LogP contribution >= 0.6 is 11.8 Å². The number of nitrogens with zero attached hydrogens (tertiary/aromatic N) is 4. The van der Waals surface area contributed by atoms with Gasteiger partial charge in [0.25, 0.3) is 0 Å². The number of hydrogen-bond donors (Lipinski definition) is 1. The molecule has 0 radical (unpaired) electrons. The molecule has 4 rings (SSSR count). The number of carbonyl (C=O) groups excluding carboxylic acids is 2. The van der Waals surface area contributed by atoms with Crippen LogP contribution in [0.4, 0.5) is 17.2 Å². The summed E-state index contributed by atoms with van der Waals surface area (Å²) in [6, 6.07) is 13.2. The van der Waals surface area contributed by atoms with Gasteiger partial charge in [0.15, 0.2) is 5.82 Å². The second-order valence-electron chi connectivity index (χ2n) is 8.25. The molecular formula is C26H29N5O3S. The summed E-state index contributed by atoms with van der Waals surface area (Å²) in [4.78, 5) is 38.3. The molecular weight excluding hydrogens is 462 g/mol. The van der Waals surface area contributed by atoms with Gasteiger partial charge in [-0.25, -0.2) is 14.8 Å². The Morgan fingerprint density at radius 1 is 0.971 bits per heavy atom. The number of ether oxygens (including phenoxy) is 1. The fourth-order valence-electron chi connectivity index (χ4n) is 4.07. The number of amides is 1. The van der Waals surface area contributed by atoms with Crippen molar-refractivity contribution >= 4 is 40.8 Å². The molecule has 2 heterocycles. The predicted molar refractivity (Wildman–Crippen MR) is 140 cm³/mol. The maximum absolute atomic E-state index is 12.6. The number of thioether (sulfide) groups is 1. The lowest BCUT2D eigenvalue weighted by atomic mass is 10.1. The van der Waals surface area contributed by atoms with E-state index in [-0.39, 0.29) is 11.7 Å². The number of methoxy groups -OCH3 is 1. The first-order chi connectivity index (χ1) is 17.0. The van der Waals surface area contributed by atoms with E-state index in [0.717, 1.165) is 32.0 Å². The Bertz CT molecular complexity index is 1210. The van der Waals surface area contributed by atoms with Crippen LogP contribution in [0, 0.1) is 13.8 Å². The molecule has 0 spiro atoms. The third-order valence-corrected chi connectivity index (χ3v) is 7.06. The Balaban J connectivity index is 1.38. The van der Waals surface area contributed by atoms with Gasteiger partial charge >= 0.3 is 5.97 Å². The topological polar surface area (TPSA) is 87.7 Å². The van der Waals surface area contributed by atoms with E-state index in [2.05, 4.69) is 57.1 Å². The van der Waals surface area contributed by atoms with Gasteiger partial charge in [-0.05, 0) is 43.2 Å². The van der Waals surface area contributed by atoms with E-state index in [1.807, 2.05) is 0 Å². The minimum Gasteiger partial charge on any atom is -0.465 e. The van der Waals surface area contributed by atoms with Crippen molar-refractivity contribution in [3.8, 4) is 0 Å². The molecule has 35 heavy (non-hydrogen) atoms. The summed E-state index contributed by atoms with van der Waals surface area (Å²) in [7, 11) is 1.31. The molecule has 9 heteroatoms. The van der Waals surface area contributed by atoms with Crippen LogP contribution in [0.15, 0.2) is 59.9 Å². The zero-order chi connectivity index (χ0) is 24.8. The standard InChI is InChI=1S/C26H29N5O3S/c1-18-7-6-10-22(19(18)2)30-13-15-31(16-14-30)24-25(28-12-11-27-24)35-17-23(32)29-21-9-5-4-8-20(21)26(33)34-3/h4-12H,13-17H2,1-3H3,(H,29,32). The number of aryl methyl sites for hydroxylation is 1. The van der Waals surface area contributed by atoms with E-state index < -0.39 is 5.97 Å². The van der Waals surface area contributed by atoms with Crippen LogP contribution in [0.3, 0.4) is 0 Å². The molecule has 182 valence electrons. The summed E-state index contributed by atoms with van der Waals surface area (Å²) in [5, 5.41) is 3.51. The molecule has 1 fully saturated rings. The van der Waals surface area contributed by atoms with Crippen LogP contribution in [0.5, 0.6) is 0 Å². The van der Waals surface area contributed by atoms with E-state index in [4.69, 9.17) is 4.74 Å². The van der Waals surface area contributed by atoms with Crippen molar-refractivity contribution in [1.82, 2.24) is 9.97 Å². The highest BCUT2D eigenvalue weighted by Crippen LogP contribution is 2.29. The molecule has 1 amide bonds. The Kier molecular flexibility index (Phi) is 7.87. The Labute approximate surface area is 209 Å². The van der Waals surface area contributed by atoms with Crippen LogP contribution in [-0.4, -0.2) is 60.9 Å². The average Bonchev–Trinajstić information content (AvgIpc) is 2.89. The maximum atomic E-state index is 12.6. The Morgan fingerprint density at radius 3 is 2.46 bits per heavy atom. The van der Waals surface area contributed by atoms with Gasteiger partial charge in [0.1, 0.15) is 5.03 Å². The summed E-state index contributed by atoms with van der Waals surface area (Å²) in [5.74, 6) is 0.206. The fourth-order valence-corrected chi connectivity index (χ4v) is 4.86. The maximum Gasteiger partial charge on any atom is 0.339 e. The molecule has 0 aliphatic carbocycles. The van der Waals surface area contributed by atoms with Crippen LogP contribution in [0.1, 0.15) is 21.5 Å². The molecule has 1 aromatic heterocycles. The molecule has 3 aromatic rings. The monoisotopic (exact) mass is 491 g/mol. The van der Waals surface area contributed by atoms with Crippen molar-refractivity contribution in [1.29, 1.82) is 0 Å². The van der Waals surface area contributed by atoms with Crippen LogP contribution in [0.25, 0.3) is 0 Å². The molecule has 8 nitrogen and oxygen atoms in total. The van der Waals surface area contributed by atoms with Gasteiger partial charge in [-0.1, -0.05) is 36.0 Å². The lowest BCUT2D eigenvalue weighted by Crippen LogP contribution is -2.47. The highest BCUT2D eigenvalue weighted by Gasteiger charge is 2.23. The largest absolute Gasteiger partial charge is 0.465 e. The first-order valence-corrected chi connectivity index (χ1v) is 12.4. The number of esters is 1. The van der Waals surface area contributed by atoms with Gasteiger partial charge in [0.05, 0.1) is 24.1 Å². The second-order valence-corrected chi connectivity index (χ2v) is 9.22. The van der Waals surface area contributed by atoms with Gasteiger partial charge in [-0.15, -0.1) is 0 Å². The van der Waals surface area contributed by atoms with E-state index in [0.29, 0.717) is 16.3 Å². The first kappa shape index (κ1) is 24.5. The van der Waals surface area contributed by atoms with Gasteiger partial charge < -0.3 is 19.9 Å².